The summed E-state index contributed by atoms with van der Waals surface area (Å²) < 4.78 is 5.94. The van der Waals surface area contributed by atoms with Gasteiger partial charge in [-0.2, -0.15) is 0 Å². The Morgan fingerprint density at radius 1 is 1.35 bits per heavy atom. The van der Waals surface area contributed by atoms with Crippen molar-refractivity contribution < 1.29 is 4.74 Å². The minimum Gasteiger partial charge on any atom is -0.374 e. The molecule has 3 heteroatoms. The Hall–Kier alpha value is -0.120. The van der Waals surface area contributed by atoms with Gasteiger partial charge in [0.2, 0.25) is 0 Å². The smallest absolute Gasteiger partial charge is 0.0706 e. The van der Waals surface area contributed by atoms with E-state index in [2.05, 4.69) is 32.6 Å². The van der Waals surface area contributed by atoms with Crippen LogP contribution in [-0.2, 0) is 4.74 Å². The van der Waals surface area contributed by atoms with E-state index in [1.165, 1.54) is 19.3 Å². The lowest BCUT2D eigenvalue weighted by Crippen LogP contribution is -2.53. The van der Waals surface area contributed by atoms with E-state index in [0.29, 0.717) is 12.2 Å². The van der Waals surface area contributed by atoms with Crippen LogP contribution in [0.2, 0.25) is 0 Å². The molecule has 102 valence electrons. The fourth-order valence-electron chi connectivity index (χ4n) is 2.61. The second-order valence-electron chi connectivity index (χ2n) is 5.65. The van der Waals surface area contributed by atoms with Crippen LogP contribution in [0.25, 0.3) is 0 Å². The average molecular weight is 242 g/mol. The van der Waals surface area contributed by atoms with E-state index in [4.69, 9.17) is 10.5 Å². The van der Waals surface area contributed by atoms with E-state index in [0.717, 1.165) is 26.1 Å². The summed E-state index contributed by atoms with van der Waals surface area (Å²) >= 11 is 0. The van der Waals surface area contributed by atoms with Gasteiger partial charge in [0.25, 0.3) is 0 Å². The van der Waals surface area contributed by atoms with Gasteiger partial charge in [-0.3, -0.25) is 4.90 Å². The molecule has 2 N–H and O–H groups in total. The van der Waals surface area contributed by atoms with Crippen molar-refractivity contribution >= 4 is 0 Å². The van der Waals surface area contributed by atoms with Gasteiger partial charge in [-0.1, -0.05) is 13.8 Å². The molecule has 0 aliphatic carbocycles. The van der Waals surface area contributed by atoms with Crippen LogP contribution in [0.5, 0.6) is 0 Å². The molecule has 1 saturated heterocycles. The minimum absolute atomic E-state index is 0.130. The first-order valence-electron chi connectivity index (χ1n) is 7.16. The Kier molecular flexibility index (Phi) is 5.90. The van der Waals surface area contributed by atoms with Gasteiger partial charge >= 0.3 is 0 Å². The van der Waals surface area contributed by atoms with Gasteiger partial charge in [-0.25, -0.2) is 0 Å². The first kappa shape index (κ1) is 14.9. The molecule has 1 aliphatic rings. The number of rotatable bonds is 7. The topological polar surface area (TPSA) is 38.5 Å². The molecule has 3 unspecified atom stereocenters. The summed E-state index contributed by atoms with van der Waals surface area (Å²) in [4.78, 5) is 2.54. The Bertz CT molecular complexity index is 216. The zero-order valence-corrected chi connectivity index (χ0v) is 12.0. The van der Waals surface area contributed by atoms with Crippen LogP contribution in [0.1, 0.15) is 53.4 Å². The fourth-order valence-corrected chi connectivity index (χ4v) is 2.61. The molecule has 1 rings (SSSR count). The molecule has 0 saturated carbocycles. The molecule has 0 radical (unpaired) electrons. The number of hydrogen-bond donors (Lipinski definition) is 1. The number of nitrogens with two attached hydrogens (primary N) is 1. The zero-order chi connectivity index (χ0) is 12.9. The number of hydrogen-bond acceptors (Lipinski definition) is 3. The van der Waals surface area contributed by atoms with Crippen molar-refractivity contribution in [2.75, 3.05) is 19.6 Å². The Balaban J connectivity index is 2.58. The molecule has 0 aromatic rings. The molecule has 1 fully saturated rings. The van der Waals surface area contributed by atoms with Gasteiger partial charge in [-0.05, 0) is 46.1 Å². The monoisotopic (exact) mass is 242 g/mol. The number of ether oxygens (including phenoxy) is 1. The van der Waals surface area contributed by atoms with E-state index < -0.39 is 0 Å². The molecule has 0 spiro atoms. The summed E-state index contributed by atoms with van der Waals surface area (Å²) in [6.45, 7) is 11.8. The van der Waals surface area contributed by atoms with Crippen molar-refractivity contribution in [2.24, 2.45) is 5.73 Å². The van der Waals surface area contributed by atoms with Crippen LogP contribution in [0, 0.1) is 0 Å². The minimum atomic E-state index is 0.130. The highest BCUT2D eigenvalue weighted by molar-refractivity contribution is 4.88. The maximum absolute atomic E-state index is 5.97. The van der Waals surface area contributed by atoms with E-state index in [1.807, 2.05) is 0 Å². The molecule has 0 bridgehead atoms. The summed E-state index contributed by atoms with van der Waals surface area (Å²) in [6, 6.07) is 0. The molecule has 17 heavy (non-hydrogen) atoms. The lowest BCUT2D eigenvalue weighted by atomic mass is 9.95. The third kappa shape index (κ3) is 3.94. The zero-order valence-electron chi connectivity index (χ0n) is 12.0. The van der Waals surface area contributed by atoms with Gasteiger partial charge in [0.1, 0.15) is 0 Å². The van der Waals surface area contributed by atoms with Crippen molar-refractivity contribution in [1.82, 2.24) is 4.90 Å². The fraction of sp³-hybridized carbons (Fsp3) is 1.00. The predicted molar refractivity (Wildman–Crippen MR) is 73.2 cm³/mol. The summed E-state index contributed by atoms with van der Waals surface area (Å²) in [5.41, 5.74) is 6.10. The summed E-state index contributed by atoms with van der Waals surface area (Å²) in [6.07, 6.45) is 5.54. The maximum Gasteiger partial charge on any atom is 0.0706 e. The van der Waals surface area contributed by atoms with Crippen LogP contribution in [0.15, 0.2) is 0 Å². The molecule has 1 heterocycles. The second-order valence-corrected chi connectivity index (χ2v) is 5.65. The van der Waals surface area contributed by atoms with Gasteiger partial charge in [0.15, 0.2) is 0 Å². The first-order chi connectivity index (χ1) is 8.05. The van der Waals surface area contributed by atoms with E-state index in [1.54, 1.807) is 0 Å². The average Bonchev–Trinajstić information content (AvgIpc) is 2.73. The Morgan fingerprint density at radius 2 is 2.06 bits per heavy atom. The van der Waals surface area contributed by atoms with Crippen LogP contribution in [0.4, 0.5) is 0 Å². The summed E-state index contributed by atoms with van der Waals surface area (Å²) in [5, 5.41) is 0. The van der Waals surface area contributed by atoms with E-state index in [9.17, 15) is 0 Å². The van der Waals surface area contributed by atoms with Crippen molar-refractivity contribution in [3.05, 3.63) is 0 Å². The standard InChI is InChI=1S/C14H30N2O/c1-5-9-16(14(4,6-2)11-15)10-13-8-7-12(3)17-13/h12-13H,5-11,15H2,1-4H3. The third-order valence-corrected chi connectivity index (χ3v) is 4.20. The third-order valence-electron chi connectivity index (χ3n) is 4.20. The molecular formula is C14H30N2O. The maximum atomic E-state index is 5.97. The first-order valence-corrected chi connectivity index (χ1v) is 7.16. The number of nitrogens with zero attached hydrogens (tertiary/aromatic N) is 1. The quantitative estimate of drug-likeness (QED) is 0.745. The highest BCUT2D eigenvalue weighted by Gasteiger charge is 2.32. The normalized spacial score (nSPS) is 28.6. The van der Waals surface area contributed by atoms with Crippen LogP contribution in [-0.4, -0.2) is 42.3 Å². The highest BCUT2D eigenvalue weighted by atomic mass is 16.5. The predicted octanol–water partition coefficient (Wildman–Crippen LogP) is 2.39. The van der Waals surface area contributed by atoms with Crippen LogP contribution >= 0.6 is 0 Å². The molecule has 3 nitrogen and oxygen atoms in total. The van der Waals surface area contributed by atoms with Gasteiger partial charge in [0, 0.05) is 18.6 Å². The molecular weight excluding hydrogens is 212 g/mol. The Labute approximate surface area is 107 Å². The van der Waals surface area contributed by atoms with Crippen LogP contribution < -0.4 is 5.73 Å². The molecule has 0 aromatic heterocycles. The SMILES string of the molecule is CCCN(CC1CCC(C)O1)C(C)(CC)CN. The van der Waals surface area contributed by atoms with Crippen molar-refractivity contribution in [2.45, 2.75) is 71.1 Å². The van der Waals surface area contributed by atoms with Crippen LogP contribution in [0.3, 0.4) is 0 Å². The van der Waals surface area contributed by atoms with E-state index >= 15 is 0 Å². The lowest BCUT2D eigenvalue weighted by molar-refractivity contribution is 0.00143. The molecule has 1 aliphatic heterocycles. The molecule has 0 aromatic carbocycles. The highest BCUT2D eigenvalue weighted by Crippen LogP contribution is 2.24. The largest absolute Gasteiger partial charge is 0.374 e. The van der Waals surface area contributed by atoms with E-state index in [-0.39, 0.29) is 5.54 Å². The second kappa shape index (κ2) is 6.72. The van der Waals surface area contributed by atoms with Gasteiger partial charge in [-0.15, -0.1) is 0 Å². The summed E-state index contributed by atoms with van der Waals surface area (Å²) in [5.74, 6) is 0. The van der Waals surface area contributed by atoms with Gasteiger partial charge < -0.3 is 10.5 Å². The van der Waals surface area contributed by atoms with Crippen molar-refractivity contribution in [3.63, 3.8) is 0 Å². The molecule has 0 amide bonds. The van der Waals surface area contributed by atoms with Crippen molar-refractivity contribution in [3.8, 4) is 0 Å². The molecule has 3 atom stereocenters. The Morgan fingerprint density at radius 3 is 2.47 bits per heavy atom. The van der Waals surface area contributed by atoms with Gasteiger partial charge in [0.05, 0.1) is 12.2 Å². The van der Waals surface area contributed by atoms with Crippen molar-refractivity contribution in [1.29, 1.82) is 0 Å². The summed E-state index contributed by atoms with van der Waals surface area (Å²) in [7, 11) is 0. The lowest BCUT2D eigenvalue weighted by Gasteiger charge is -2.41.